The van der Waals surface area contributed by atoms with Gasteiger partial charge in [-0.2, -0.15) is 0 Å². The van der Waals surface area contributed by atoms with Gasteiger partial charge in [-0.05, 0) is 51.7 Å². The molecule has 0 spiro atoms. The Morgan fingerprint density at radius 2 is 2.05 bits per heavy atom. The Morgan fingerprint density at radius 3 is 2.63 bits per heavy atom. The first-order valence-electron chi connectivity index (χ1n) is 7.50. The first kappa shape index (κ1) is 16.4. The fraction of sp³-hybridized carbons (Fsp3) is 0.933. The number of carbonyl (C=O) groups excluding carboxylic acids is 1. The van der Waals surface area contributed by atoms with Crippen molar-refractivity contribution in [3.8, 4) is 0 Å². The van der Waals surface area contributed by atoms with Gasteiger partial charge in [-0.15, -0.1) is 0 Å². The van der Waals surface area contributed by atoms with Crippen molar-refractivity contribution in [1.29, 1.82) is 0 Å². The van der Waals surface area contributed by atoms with Crippen LogP contribution in [-0.2, 0) is 4.79 Å². The lowest BCUT2D eigenvalue weighted by molar-refractivity contribution is -0.132. The molecule has 1 atom stereocenters. The Kier molecular flexibility index (Phi) is 6.27. The van der Waals surface area contributed by atoms with Gasteiger partial charge in [0.15, 0.2) is 0 Å². The molecule has 1 aliphatic heterocycles. The number of carbonyl (C=O) groups is 1. The molecule has 1 heterocycles. The number of nitrogens with zero attached hydrogens (tertiary/aromatic N) is 2. The molecule has 4 heteroatoms. The van der Waals surface area contributed by atoms with Gasteiger partial charge in [-0.1, -0.05) is 13.8 Å². The van der Waals surface area contributed by atoms with E-state index in [0.29, 0.717) is 24.9 Å². The topological polar surface area (TPSA) is 49.6 Å². The molecule has 19 heavy (non-hydrogen) atoms. The van der Waals surface area contributed by atoms with Crippen LogP contribution in [0, 0.1) is 5.41 Å². The number of hydrogen-bond donors (Lipinski definition) is 1. The molecule has 1 aliphatic rings. The summed E-state index contributed by atoms with van der Waals surface area (Å²) < 4.78 is 0. The van der Waals surface area contributed by atoms with Crippen LogP contribution in [0.3, 0.4) is 0 Å². The number of rotatable bonds is 7. The van der Waals surface area contributed by atoms with E-state index in [1.807, 2.05) is 0 Å². The van der Waals surface area contributed by atoms with Crippen LogP contribution < -0.4 is 5.73 Å². The van der Waals surface area contributed by atoms with Crippen molar-refractivity contribution in [3.05, 3.63) is 0 Å². The Morgan fingerprint density at radius 1 is 1.37 bits per heavy atom. The van der Waals surface area contributed by atoms with Crippen molar-refractivity contribution in [3.63, 3.8) is 0 Å². The molecule has 0 aliphatic carbocycles. The van der Waals surface area contributed by atoms with Crippen molar-refractivity contribution >= 4 is 5.91 Å². The van der Waals surface area contributed by atoms with Gasteiger partial charge in [0.25, 0.3) is 0 Å². The second kappa shape index (κ2) is 7.25. The highest BCUT2D eigenvalue weighted by Gasteiger charge is 2.29. The van der Waals surface area contributed by atoms with Crippen LogP contribution in [0.15, 0.2) is 0 Å². The zero-order valence-electron chi connectivity index (χ0n) is 13.1. The maximum Gasteiger partial charge on any atom is 0.222 e. The van der Waals surface area contributed by atoms with Crippen molar-refractivity contribution in [2.45, 2.75) is 52.0 Å². The van der Waals surface area contributed by atoms with Crippen LogP contribution in [0.4, 0.5) is 0 Å². The fourth-order valence-electron chi connectivity index (χ4n) is 2.88. The average molecular weight is 269 g/mol. The highest BCUT2D eigenvalue weighted by atomic mass is 16.2. The predicted molar refractivity (Wildman–Crippen MR) is 80.0 cm³/mol. The highest BCUT2D eigenvalue weighted by Crippen LogP contribution is 2.27. The van der Waals surface area contributed by atoms with Crippen LogP contribution in [0.1, 0.15) is 46.0 Å². The van der Waals surface area contributed by atoms with E-state index >= 15 is 0 Å². The normalized spacial score (nSPS) is 20.3. The minimum Gasteiger partial charge on any atom is -0.338 e. The summed E-state index contributed by atoms with van der Waals surface area (Å²) in [6.07, 6.45) is 4.89. The summed E-state index contributed by atoms with van der Waals surface area (Å²) in [5.41, 5.74) is 5.80. The van der Waals surface area contributed by atoms with Gasteiger partial charge in [-0.3, -0.25) is 4.79 Å². The quantitative estimate of drug-likeness (QED) is 0.765. The monoisotopic (exact) mass is 269 g/mol. The van der Waals surface area contributed by atoms with Crippen LogP contribution in [-0.4, -0.2) is 55.5 Å². The number of likely N-dealkylation sites (tertiary alicyclic amines) is 1. The largest absolute Gasteiger partial charge is 0.338 e. The number of likely N-dealkylation sites (N-methyl/N-ethyl adjacent to an activating group) is 1. The molecule has 0 saturated carbocycles. The van der Waals surface area contributed by atoms with Crippen molar-refractivity contribution in [2.24, 2.45) is 11.1 Å². The Labute approximate surface area is 118 Å². The maximum atomic E-state index is 12.4. The molecule has 0 aromatic rings. The standard InChI is InChI=1S/C15H31N3O/c1-15(2,9-10-16)8-7-14(19)18-11-5-6-13(18)12-17(3)4/h13H,5-12,16H2,1-4H3. The molecule has 0 aromatic heterocycles. The third-order valence-electron chi connectivity index (χ3n) is 4.11. The van der Waals surface area contributed by atoms with Gasteiger partial charge in [0.2, 0.25) is 5.91 Å². The minimum atomic E-state index is 0.182. The van der Waals surface area contributed by atoms with Crippen LogP contribution in [0.2, 0.25) is 0 Å². The van der Waals surface area contributed by atoms with Crippen LogP contribution in [0.25, 0.3) is 0 Å². The first-order valence-corrected chi connectivity index (χ1v) is 7.50. The number of amides is 1. The lowest BCUT2D eigenvalue weighted by Crippen LogP contribution is -2.41. The summed E-state index contributed by atoms with van der Waals surface area (Å²) in [5.74, 6) is 0.328. The fourth-order valence-corrected chi connectivity index (χ4v) is 2.88. The second-order valence-electron chi connectivity index (χ2n) is 6.85. The molecule has 1 amide bonds. The van der Waals surface area contributed by atoms with E-state index in [4.69, 9.17) is 5.73 Å². The molecule has 1 unspecified atom stereocenters. The number of hydrogen-bond acceptors (Lipinski definition) is 3. The van der Waals surface area contributed by atoms with E-state index in [2.05, 4.69) is 37.7 Å². The lowest BCUT2D eigenvalue weighted by Gasteiger charge is -2.29. The summed E-state index contributed by atoms with van der Waals surface area (Å²) >= 11 is 0. The second-order valence-corrected chi connectivity index (χ2v) is 6.85. The molecule has 0 bridgehead atoms. The molecular weight excluding hydrogens is 238 g/mol. The van der Waals surface area contributed by atoms with Crippen molar-refractivity contribution in [1.82, 2.24) is 9.80 Å². The zero-order chi connectivity index (χ0) is 14.5. The van der Waals surface area contributed by atoms with Crippen LogP contribution in [0.5, 0.6) is 0 Å². The SMILES string of the molecule is CN(C)CC1CCCN1C(=O)CCC(C)(C)CCN. The van der Waals surface area contributed by atoms with Gasteiger partial charge in [0.05, 0.1) is 0 Å². The van der Waals surface area contributed by atoms with E-state index in [0.717, 1.165) is 38.8 Å². The van der Waals surface area contributed by atoms with E-state index in [-0.39, 0.29) is 5.41 Å². The van der Waals surface area contributed by atoms with Gasteiger partial charge in [-0.25, -0.2) is 0 Å². The highest BCUT2D eigenvalue weighted by molar-refractivity contribution is 5.76. The minimum absolute atomic E-state index is 0.182. The van der Waals surface area contributed by atoms with Gasteiger partial charge in [0.1, 0.15) is 0 Å². The van der Waals surface area contributed by atoms with E-state index < -0.39 is 0 Å². The molecule has 4 nitrogen and oxygen atoms in total. The molecule has 0 radical (unpaired) electrons. The molecule has 1 rings (SSSR count). The lowest BCUT2D eigenvalue weighted by atomic mass is 9.84. The van der Waals surface area contributed by atoms with E-state index in [1.165, 1.54) is 0 Å². The number of nitrogens with two attached hydrogens (primary N) is 1. The molecule has 1 saturated heterocycles. The summed E-state index contributed by atoms with van der Waals surface area (Å²) in [4.78, 5) is 16.6. The molecular formula is C15H31N3O. The zero-order valence-corrected chi connectivity index (χ0v) is 13.1. The van der Waals surface area contributed by atoms with Gasteiger partial charge < -0.3 is 15.5 Å². The van der Waals surface area contributed by atoms with Gasteiger partial charge in [0, 0.05) is 25.6 Å². The van der Waals surface area contributed by atoms with Crippen LogP contribution >= 0.6 is 0 Å². The smallest absolute Gasteiger partial charge is 0.222 e. The molecule has 1 fully saturated rings. The summed E-state index contributed by atoms with van der Waals surface area (Å²) in [6, 6.07) is 0.417. The average Bonchev–Trinajstić information content (AvgIpc) is 2.73. The maximum absolute atomic E-state index is 12.4. The van der Waals surface area contributed by atoms with E-state index in [9.17, 15) is 4.79 Å². The Bertz CT molecular complexity index is 289. The first-order chi connectivity index (χ1) is 8.85. The molecule has 2 N–H and O–H groups in total. The Balaban J connectivity index is 2.44. The van der Waals surface area contributed by atoms with Crippen molar-refractivity contribution in [2.75, 3.05) is 33.7 Å². The summed E-state index contributed by atoms with van der Waals surface area (Å²) in [7, 11) is 4.15. The summed E-state index contributed by atoms with van der Waals surface area (Å²) in [6.45, 7) is 7.03. The summed E-state index contributed by atoms with van der Waals surface area (Å²) in [5, 5.41) is 0. The van der Waals surface area contributed by atoms with Crippen molar-refractivity contribution < 1.29 is 4.79 Å². The molecule has 112 valence electrons. The predicted octanol–water partition coefficient (Wildman–Crippen LogP) is 1.69. The third-order valence-corrected chi connectivity index (χ3v) is 4.11. The Hall–Kier alpha value is -0.610. The molecule has 0 aromatic carbocycles. The third kappa shape index (κ3) is 5.49. The van der Waals surface area contributed by atoms with Gasteiger partial charge >= 0.3 is 0 Å². The van der Waals surface area contributed by atoms with E-state index in [1.54, 1.807) is 0 Å².